The maximum atomic E-state index is 12.8. The van der Waals surface area contributed by atoms with Crippen molar-refractivity contribution in [2.24, 2.45) is 11.5 Å². The summed E-state index contributed by atoms with van der Waals surface area (Å²) in [4.78, 5) is 49.5. The topological polar surface area (TPSA) is 184 Å². The molecule has 4 heterocycles. The number of aromatic nitrogens is 3. The Morgan fingerprint density at radius 3 is 1.83 bits per heavy atom. The van der Waals surface area contributed by atoms with Crippen LogP contribution in [0, 0.1) is 13.8 Å². The molecule has 3 amide bonds. The van der Waals surface area contributed by atoms with Crippen molar-refractivity contribution in [2.45, 2.75) is 13.8 Å². The molecular formula is C33H43N11O3. The molecule has 0 spiro atoms. The maximum absolute atomic E-state index is 12.8. The van der Waals surface area contributed by atoms with Crippen molar-refractivity contribution in [3.8, 4) is 0 Å². The lowest BCUT2D eigenvalue weighted by atomic mass is 10.1. The zero-order chi connectivity index (χ0) is 33.8. The molecule has 2 aliphatic heterocycles. The number of primary amides is 2. The van der Waals surface area contributed by atoms with Gasteiger partial charge in [-0.2, -0.15) is 5.10 Å². The molecule has 0 unspecified atom stereocenters. The Labute approximate surface area is 274 Å². The molecule has 14 nitrogen and oxygen atoms in total. The number of carbonyl (C=O) groups excluding carboxylic acids is 3. The Bertz CT molecular complexity index is 1790. The Morgan fingerprint density at radius 1 is 0.745 bits per heavy atom. The SMILES string of the molecule is CN1CCN(c2ccc(N)c(C(N)=O)c2)CC1.Cc1cn2nc(C(=O)Nc3ccc(N4CCN(C)CC4)cc3C(N)=O)cc2c(C)n1. The number of hydrogen-bond acceptors (Lipinski definition) is 10. The van der Waals surface area contributed by atoms with Crippen molar-refractivity contribution < 1.29 is 14.4 Å². The molecular weight excluding hydrogens is 598 g/mol. The average molecular weight is 642 g/mol. The molecule has 2 aromatic heterocycles. The zero-order valence-electron chi connectivity index (χ0n) is 27.4. The minimum Gasteiger partial charge on any atom is -0.398 e. The number of hydrogen-bond donors (Lipinski definition) is 4. The van der Waals surface area contributed by atoms with E-state index in [2.05, 4.69) is 49.1 Å². The third kappa shape index (κ3) is 7.79. The smallest absolute Gasteiger partial charge is 0.276 e. The highest BCUT2D eigenvalue weighted by Crippen LogP contribution is 2.25. The molecule has 0 atom stereocenters. The number of likely N-dealkylation sites (N-methyl/N-ethyl adjacent to an activating group) is 2. The number of nitrogens with zero attached hydrogens (tertiary/aromatic N) is 7. The summed E-state index contributed by atoms with van der Waals surface area (Å²) in [6, 6.07) is 12.5. The third-order valence-electron chi connectivity index (χ3n) is 8.55. The van der Waals surface area contributed by atoms with Gasteiger partial charge < -0.3 is 42.1 Å². The normalized spacial score (nSPS) is 15.7. The van der Waals surface area contributed by atoms with E-state index in [1.807, 2.05) is 26.0 Å². The van der Waals surface area contributed by atoms with E-state index in [-0.39, 0.29) is 11.3 Å². The quantitative estimate of drug-likeness (QED) is 0.225. The number of nitrogens with one attached hydrogen (secondary N) is 1. The summed E-state index contributed by atoms with van der Waals surface area (Å²) in [5.41, 5.74) is 22.6. The van der Waals surface area contributed by atoms with Gasteiger partial charge in [-0.1, -0.05) is 0 Å². The molecule has 0 aliphatic carbocycles. The second kappa shape index (κ2) is 14.1. The Hall–Kier alpha value is -5.21. The summed E-state index contributed by atoms with van der Waals surface area (Å²) < 4.78 is 1.64. The van der Waals surface area contributed by atoms with Gasteiger partial charge in [0.1, 0.15) is 0 Å². The van der Waals surface area contributed by atoms with Crippen LogP contribution in [0.1, 0.15) is 42.6 Å². The second-order valence-electron chi connectivity index (χ2n) is 12.1. The van der Waals surface area contributed by atoms with E-state index in [1.165, 1.54) is 0 Å². The first-order valence-electron chi connectivity index (χ1n) is 15.5. The molecule has 7 N–H and O–H groups in total. The van der Waals surface area contributed by atoms with Gasteiger partial charge in [0.25, 0.3) is 17.7 Å². The highest BCUT2D eigenvalue weighted by Gasteiger charge is 2.20. The molecule has 2 aliphatic rings. The van der Waals surface area contributed by atoms with Gasteiger partial charge in [-0.3, -0.25) is 19.4 Å². The second-order valence-corrected chi connectivity index (χ2v) is 12.1. The molecule has 6 rings (SSSR count). The summed E-state index contributed by atoms with van der Waals surface area (Å²) in [5, 5.41) is 7.12. The number of carbonyl (C=O) groups is 3. The lowest BCUT2D eigenvalue weighted by Crippen LogP contribution is -2.44. The van der Waals surface area contributed by atoms with Crippen molar-refractivity contribution in [1.29, 1.82) is 0 Å². The van der Waals surface area contributed by atoms with Crippen LogP contribution in [0.2, 0.25) is 0 Å². The number of nitrogen functional groups attached to an aromatic ring is 1. The van der Waals surface area contributed by atoms with Gasteiger partial charge in [-0.15, -0.1) is 0 Å². The number of piperazine rings is 2. The molecule has 0 saturated carbocycles. The van der Waals surface area contributed by atoms with Gasteiger partial charge in [-0.25, -0.2) is 4.52 Å². The van der Waals surface area contributed by atoms with Crippen molar-refractivity contribution in [3.63, 3.8) is 0 Å². The molecule has 248 valence electrons. The van der Waals surface area contributed by atoms with Crippen LogP contribution < -0.4 is 32.3 Å². The van der Waals surface area contributed by atoms with E-state index in [0.29, 0.717) is 16.9 Å². The van der Waals surface area contributed by atoms with Crippen LogP contribution in [0.25, 0.3) is 5.52 Å². The fourth-order valence-corrected chi connectivity index (χ4v) is 5.71. The Kier molecular flexibility index (Phi) is 9.92. The van der Waals surface area contributed by atoms with Crippen LogP contribution in [0.4, 0.5) is 22.7 Å². The number of benzene rings is 2. The van der Waals surface area contributed by atoms with Gasteiger partial charge >= 0.3 is 0 Å². The van der Waals surface area contributed by atoms with Crippen molar-refractivity contribution in [2.75, 3.05) is 87.3 Å². The highest BCUT2D eigenvalue weighted by molar-refractivity contribution is 6.08. The first kappa shape index (κ1) is 33.2. The molecule has 4 aromatic rings. The summed E-state index contributed by atoms with van der Waals surface area (Å²) in [7, 11) is 4.19. The molecule has 2 aromatic carbocycles. The fourth-order valence-electron chi connectivity index (χ4n) is 5.71. The maximum Gasteiger partial charge on any atom is 0.276 e. The van der Waals surface area contributed by atoms with Crippen LogP contribution in [0.15, 0.2) is 48.7 Å². The van der Waals surface area contributed by atoms with Crippen LogP contribution in [-0.4, -0.2) is 109 Å². The largest absolute Gasteiger partial charge is 0.398 e. The van der Waals surface area contributed by atoms with Crippen LogP contribution in [0.5, 0.6) is 0 Å². The van der Waals surface area contributed by atoms with Gasteiger partial charge in [0, 0.05) is 69.4 Å². The van der Waals surface area contributed by atoms with E-state index in [1.54, 1.807) is 41.0 Å². The molecule has 47 heavy (non-hydrogen) atoms. The average Bonchev–Trinajstić information content (AvgIpc) is 3.47. The predicted octanol–water partition coefficient (Wildman–Crippen LogP) is 1.57. The van der Waals surface area contributed by atoms with Crippen molar-refractivity contribution in [3.05, 3.63) is 76.9 Å². The first-order valence-corrected chi connectivity index (χ1v) is 15.5. The molecule has 0 bridgehead atoms. The number of fused-ring (bicyclic) bond motifs is 1. The summed E-state index contributed by atoms with van der Waals surface area (Å²) in [6.07, 6.45) is 1.76. The monoisotopic (exact) mass is 641 g/mol. The van der Waals surface area contributed by atoms with E-state index in [9.17, 15) is 14.4 Å². The standard InChI is InChI=1S/C21H25N7O2.C12H18N4O/c1-13-12-28-19(14(2)23-13)11-18(25-28)21(30)24-17-5-4-15(10-16(17)20(22)29)27-8-6-26(3)7-9-27;1-15-4-6-16(7-5-15)9-2-3-11(13)10(8-9)12(14)17/h4-5,10-12H,6-9H2,1-3H3,(H2,22,29)(H,24,30);2-3,8H,4-7,13H2,1H3,(H2,14,17). The van der Waals surface area contributed by atoms with Gasteiger partial charge in [0.05, 0.1) is 39.9 Å². The van der Waals surface area contributed by atoms with Gasteiger partial charge in [0.15, 0.2) is 5.69 Å². The number of nitrogens with two attached hydrogens (primary N) is 3. The number of anilines is 4. The van der Waals surface area contributed by atoms with E-state index in [0.717, 1.165) is 80.6 Å². The highest BCUT2D eigenvalue weighted by atomic mass is 16.2. The molecule has 0 radical (unpaired) electrons. The molecule has 2 fully saturated rings. The van der Waals surface area contributed by atoms with Gasteiger partial charge in [0.2, 0.25) is 0 Å². The van der Waals surface area contributed by atoms with E-state index < -0.39 is 17.7 Å². The van der Waals surface area contributed by atoms with Crippen LogP contribution >= 0.6 is 0 Å². The Balaban J connectivity index is 0.000000216. The number of amides is 3. The van der Waals surface area contributed by atoms with Crippen LogP contribution in [0.3, 0.4) is 0 Å². The van der Waals surface area contributed by atoms with Crippen molar-refractivity contribution in [1.82, 2.24) is 24.4 Å². The third-order valence-corrected chi connectivity index (χ3v) is 8.55. The minimum absolute atomic E-state index is 0.240. The fraction of sp³-hybridized carbons (Fsp3) is 0.364. The van der Waals surface area contributed by atoms with Gasteiger partial charge in [-0.05, 0) is 70.4 Å². The molecule has 14 heteroatoms. The molecule has 2 saturated heterocycles. The predicted molar refractivity (Wildman–Crippen MR) is 184 cm³/mol. The Morgan fingerprint density at radius 2 is 1.28 bits per heavy atom. The number of rotatable bonds is 6. The van der Waals surface area contributed by atoms with Crippen LogP contribution in [-0.2, 0) is 0 Å². The lowest BCUT2D eigenvalue weighted by Gasteiger charge is -2.34. The zero-order valence-corrected chi connectivity index (χ0v) is 27.4. The number of aryl methyl sites for hydroxylation is 2. The van der Waals surface area contributed by atoms with E-state index >= 15 is 0 Å². The van der Waals surface area contributed by atoms with E-state index in [4.69, 9.17) is 17.2 Å². The van der Waals surface area contributed by atoms with Crippen molar-refractivity contribution >= 4 is 46.0 Å². The minimum atomic E-state index is -0.591. The summed E-state index contributed by atoms with van der Waals surface area (Å²) >= 11 is 0. The summed E-state index contributed by atoms with van der Waals surface area (Å²) in [6.45, 7) is 11.3. The first-order chi connectivity index (χ1) is 22.4. The lowest BCUT2D eigenvalue weighted by molar-refractivity contribution is 0.0991. The summed E-state index contributed by atoms with van der Waals surface area (Å²) in [5.74, 6) is -1.48.